The van der Waals surface area contributed by atoms with Crippen molar-refractivity contribution in [1.29, 1.82) is 0 Å². The van der Waals surface area contributed by atoms with Gasteiger partial charge >= 0.3 is 0 Å². The van der Waals surface area contributed by atoms with Gasteiger partial charge in [-0.2, -0.15) is 0 Å². The Labute approximate surface area is 139 Å². The first-order chi connectivity index (χ1) is 11.6. The first-order valence-corrected chi connectivity index (χ1v) is 12.6. The van der Waals surface area contributed by atoms with Crippen LogP contribution in [0.15, 0.2) is 54.6 Å². The van der Waals surface area contributed by atoms with Crippen molar-refractivity contribution in [2.24, 2.45) is 0 Å². The van der Waals surface area contributed by atoms with Gasteiger partial charge in [0.25, 0.3) is 0 Å². The lowest BCUT2D eigenvalue weighted by molar-refractivity contribution is 0.343. The molecule has 2 aromatic carbocycles. The van der Waals surface area contributed by atoms with Crippen LogP contribution in [0, 0.1) is 0 Å². The molecule has 0 fully saturated rings. The maximum Gasteiger partial charge on any atom is 0.230 e. The van der Waals surface area contributed by atoms with Crippen LogP contribution in [0.3, 0.4) is 0 Å². The van der Waals surface area contributed by atoms with Crippen LogP contribution in [0.5, 0.6) is 0 Å². The van der Waals surface area contributed by atoms with Gasteiger partial charge in [-0.15, -0.1) is 0 Å². The van der Waals surface area contributed by atoms with Crippen LogP contribution >= 0.6 is 7.37 Å². The summed E-state index contributed by atoms with van der Waals surface area (Å²) in [5.74, 6) is 0. The Bertz CT molecular complexity index is 789. The summed E-state index contributed by atoms with van der Waals surface area (Å²) in [6.07, 6.45) is 0. The van der Waals surface area contributed by atoms with E-state index < -0.39 is 21.2 Å². The largest absolute Gasteiger partial charge is 0.326 e. The van der Waals surface area contributed by atoms with Gasteiger partial charge in [0, 0.05) is 13.8 Å². The van der Waals surface area contributed by atoms with Crippen LogP contribution < -0.4 is 5.30 Å². The van der Waals surface area contributed by atoms with Crippen molar-refractivity contribution >= 4 is 20.7 Å². The van der Waals surface area contributed by atoms with Gasteiger partial charge in [-0.3, -0.25) is 4.57 Å². The van der Waals surface area contributed by atoms with Crippen LogP contribution in [0.4, 0.5) is 0 Å². The van der Waals surface area contributed by atoms with Gasteiger partial charge in [-0.1, -0.05) is 68.2 Å². The molecule has 0 bridgehead atoms. The normalized spacial score (nSPS) is 17.2. The van der Waals surface area contributed by atoms with Crippen molar-refractivity contribution in [3.63, 3.8) is 0 Å². The molecule has 4 heteroatoms. The molecule has 0 amide bonds. The molecular weight excluding hydrogens is 307 g/mol. The Hall–Kier alpha value is -1.15. The van der Waals surface area contributed by atoms with Gasteiger partial charge in [0.2, 0.25) is 7.37 Å². The highest BCUT2D eigenvalue weighted by atomic mass is 31.2. The van der Waals surface area contributed by atoms with Gasteiger partial charge < -0.3 is 4.52 Å². The molecule has 0 saturated heterocycles. The summed E-state index contributed by atoms with van der Waals surface area (Å²) in [7, 11) is -6.45. The van der Waals surface area contributed by atoms with Gasteiger partial charge in [0.15, 0.2) is 0 Å². The maximum absolute atomic E-state index is 14.0. The molecule has 2 aromatic rings. The lowest BCUT2D eigenvalue weighted by Gasteiger charge is -2.26. The Kier molecular flexibility index (Phi) is 4.20. The lowest BCUT2D eigenvalue weighted by atomic mass is 10.1. The smallest absolute Gasteiger partial charge is 0.230 e. The van der Waals surface area contributed by atoms with Crippen LogP contribution in [0.25, 0.3) is 11.1 Å². The van der Waals surface area contributed by atoms with Crippen molar-refractivity contribution in [2.45, 2.75) is 26.6 Å². The van der Waals surface area contributed by atoms with E-state index in [1.165, 1.54) is 0 Å². The van der Waals surface area contributed by atoms with Crippen molar-refractivity contribution in [2.75, 3.05) is 12.3 Å². The van der Waals surface area contributed by atoms with Crippen LogP contribution in [-0.4, -0.2) is 20.4 Å². The second-order valence-corrected chi connectivity index (χ2v) is 13.3. The Balaban J connectivity index is 2.83. The van der Waals surface area contributed by atoms with Crippen LogP contribution in [0.1, 0.15) is 11.0 Å². The van der Waals surface area contributed by atoms with E-state index in [0.717, 1.165) is 5.56 Å². The molecule has 22 heavy (non-hydrogen) atoms. The fourth-order valence-electron chi connectivity index (χ4n) is 2.30. The Morgan fingerprint density at radius 3 is 2.36 bits per heavy atom. The maximum atomic E-state index is 14.0. The molecule has 0 aliphatic rings. The zero-order valence-corrected chi connectivity index (χ0v) is 15.5. The standard InChI is InChI=1S/C18H25O2PSi/c1-5-20-21(19,15-22(2,3)4)18-14-10-9-13-17(18)16-11-7-6-8-12-16/h6-14H,5,15H2,1-4H3/i14D,15D2. The fourth-order valence-corrected chi connectivity index (χ4v) is 7.79. The topological polar surface area (TPSA) is 26.3 Å². The average Bonchev–Trinajstić information content (AvgIpc) is 2.54. The summed E-state index contributed by atoms with van der Waals surface area (Å²) >= 11 is 0. The van der Waals surface area contributed by atoms with E-state index in [1.54, 1.807) is 25.1 Å². The first-order valence-electron chi connectivity index (χ1n) is 8.96. The van der Waals surface area contributed by atoms with E-state index >= 15 is 0 Å². The van der Waals surface area contributed by atoms with Gasteiger partial charge in [0.05, 0.1) is 16.1 Å². The monoisotopic (exact) mass is 335 g/mol. The summed E-state index contributed by atoms with van der Waals surface area (Å²) in [6.45, 7) is 7.36. The SMILES string of the molecule is [2H]c1cccc(-c2ccccc2)c1P(=O)(OCC)C([2H])([2H])[Si](C)(C)C. The summed E-state index contributed by atoms with van der Waals surface area (Å²) in [5, 5.41) is 0.190. The van der Waals surface area contributed by atoms with E-state index in [2.05, 4.69) is 0 Å². The molecule has 2 rings (SSSR count). The van der Waals surface area contributed by atoms with Crippen LogP contribution in [-0.2, 0) is 9.09 Å². The third-order valence-corrected chi connectivity index (χ3v) is 8.45. The van der Waals surface area contributed by atoms with Gasteiger partial charge in [-0.25, -0.2) is 0 Å². The molecular formula is C18H25O2PSi. The third kappa shape index (κ3) is 4.19. The van der Waals surface area contributed by atoms with E-state index in [0.29, 0.717) is 5.56 Å². The molecule has 0 radical (unpaired) electrons. The predicted molar refractivity (Wildman–Crippen MR) is 99.0 cm³/mol. The van der Waals surface area contributed by atoms with Crippen molar-refractivity contribution in [1.82, 2.24) is 0 Å². The van der Waals surface area contributed by atoms with E-state index in [1.807, 2.05) is 50.0 Å². The van der Waals surface area contributed by atoms with Gasteiger partial charge in [0.1, 0.15) is 0 Å². The fraction of sp³-hybridized carbons (Fsp3) is 0.333. The molecule has 0 saturated carbocycles. The molecule has 1 atom stereocenters. The summed E-state index contributed by atoms with van der Waals surface area (Å²) in [5.41, 5.74) is -0.582. The summed E-state index contributed by atoms with van der Waals surface area (Å²) < 4.78 is 45.4. The number of hydrogen-bond acceptors (Lipinski definition) is 2. The molecule has 0 aliphatic heterocycles. The molecule has 0 aromatic heterocycles. The van der Waals surface area contributed by atoms with Crippen molar-refractivity contribution in [3.8, 4) is 11.1 Å². The molecule has 0 aliphatic carbocycles. The zero-order valence-electron chi connectivity index (χ0n) is 16.6. The summed E-state index contributed by atoms with van der Waals surface area (Å²) in [6, 6.07) is 14.5. The predicted octanol–water partition coefficient (Wildman–Crippen LogP) is 5.17. The number of hydrogen-bond donors (Lipinski definition) is 0. The van der Waals surface area contributed by atoms with Gasteiger partial charge in [-0.05, 0) is 24.1 Å². The Morgan fingerprint density at radius 1 is 1.14 bits per heavy atom. The number of benzene rings is 2. The number of rotatable bonds is 6. The van der Waals surface area contributed by atoms with E-state index in [9.17, 15) is 4.57 Å². The van der Waals surface area contributed by atoms with Crippen molar-refractivity contribution < 1.29 is 13.2 Å². The molecule has 0 N–H and O–H groups in total. The van der Waals surface area contributed by atoms with Crippen molar-refractivity contribution in [3.05, 3.63) is 54.6 Å². The van der Waals surface area contributed by atoms with Crippen LogP contribution in [0.2, 0.25) is 19.6 Å². The quantitative estimate of drug-likeness (QED) is 0.538. The Morgan fingerprint density at radius 2 is 1.77 bits per heavy atom. The minimum Gasteiger partial charge on any atom is -0.326 e. The first kappa shape index (κ1) is 13.3. The minimum absolute atomic E-state index is 0.0558. The molecule has 0 heterocycles. The highest BCUT2D eigenvalue weighted by Gasteiger charge is 2.34. The molecule has 118 valence electrons. The summed E-state index contributed by atoms with van der Waals surface area (Å²) in [4.78, 5) is 0. The highest BCUT2D eigenvalue weighted by molar-refractivity contribution is 7.69. The zero-order chi connectivity index (χ0) is 18.9. The van der Waals surface area contributed by atoms with E-state index in [-0.39, 0.29) is 18.0 Å². The lowest BCUT2D eigenvalue weighted by Crippen LogP contribution is -2.30. The molecule has 1 unspecified atom stereocenters. The molecule has 2 nitrogen and oxygen atoms in total. The van der Waals surface area contributed by atoms with E-state index in [4.69, 9.17) is 8.64 Å². The second-order valence-electron chi connectivity index (χ2n) is 6.13. The third-order valence-electron chi connectivity index (χ3n) is 3.01. The minimum atomic E-state index is -3.93. The highest BCUT2D eigenvalue weighted by Crippen LogP contribution is 2.49. The second kappa shape index (κ2) is 6.95. The molecule has 0 spiro atoms. The average molecular weight is 335 g/mol.